The Balaban J connectivity index is 2.42. The number of para-hydroxylation sites is 1. The van der Waals surface area contributed by atoms with E-state index in [1.165, 1.54) is 4.68 Å². The number of hydrogen-bond donors (Lipinski definition) is 1. The first-order valence-corrected chi connectivity index (χ1v) is 6.38. The second kappa shape index (κ2) is 5.35. The van der Waals surface area contributed by atoms with Crippen LogP contribution in [0.1, 0.15) is 27.3 Å². The molecule has 0 unspecified atom stereocenters. The van der Waals surface area contributed by atoms with E-state index in [1.807, 2.05) is 32.0 Å². The Hall–Kier alpha value is -2.70. The van der Waals surface area contributed by atoms with Gasteiger partial charge in [-0.25, -0.2) is 0 Å². The molecular weight excluding hydrogens is 272 g/mol. The molecule has 1 heterocycles. The van der Waals surface area contributed by atoms with E-state index in [0.29, 0.717) is 11.4 Å². The molecule has 1 aromatic carbocycles. The third kappa shape index (κ3) is 2.62. The van der Waals surface area contributed by atoms with Crippen molar-refractivity contribution in [3.05, 3.63) is 50.8 Å². The van der Waals surface area contributed by atoms with Crippen LogP contribution in [0.25, 0.3) is 0 Å². The number of nitrogens with zero attached hydrogens (tertiary/aromatic N) is 3. The molecule has 0 aliphatic carbocycles. The normalized spacial score (nSPS) is 10.5. The van der Waals surface area contributed by atoms with Gasteiger partial charge in [0.2, 0.25) is 5.69 Å². The minimum atomic E-state index is -0.581. The monoisotopic (exact) mass is 288 g/mol. The van der Waals surface area contributed by atoms with E-state index in [1.54, 1.807) is 14.0 Å². The number of anilines is 1. The van der Waals surface area contributed by atoms with Gasteiger partial charge in [-0.1, -0.05) is 18.2 Å². The first kappa shape index (κ1) is 14.7. The Labute approximate surface area is 121 Å². The molecule has 0 atom stereocenters. The van der Waals surface area contributed by atoms with Crippen molar-refractivity contribution in [1.29, 1.82) is 0 Å². The molecule has 1 N–H and O–H groups in total. The minimum Gasteiger partial charge on any atom is -0.320 e. The zero-order valence-electron chi connectivity index (χ0n) is 12.3. The summed E-state index contributed by atoms with van der Waals surface area (Å²) in [7, 11) is 1.57. The third-order valence-corrected chi connectivity index (χ3v) is 3.42. The van der Waals surface area contributed by atoms with Crippen molar-refractivity contribution in [1.82, 2.24) is 9.78 Å². The number of aryl methyl sites for hydroxylation is 3. The lowest BCUT2D eigenvalue weighted by Crippen LogP contribution is -2.16. The van der Waals surface area contributed by atoms with E-state index < -0.39 is 10.8 Å². The van der Waals surface area contributed by atoms with Gasteiger partial charge in [-0.3, -0.25) is 19.6 Å². The van der Waals surface area contributed by atoms with Crippen molar-refractivity contribution in [2.45, 2.75) is 20.8 Å². The van der Waals surface area contributed by atoms with Gasteiger partial charge in [-0.15, -0.1) is 0 Å². The van der Waals surface area contributed by atoms with Crippen LogP contribution in [0.15, 0.2) is 18.2 Å². The molecule has 0 aliphatic rings. The predicted molar refractivity (Wildman–Crippen MR) is 78.5 cm³/mol. The topological polar surface area (TPSA) is 90.1 Å². The van der Waals surface area contributed by atoms with Crippen LogP contribution in [-0.4, -0.2) is 20.6 Å². The van der Waals surface area contributed by atoms with Gasteiger partial charge in [0.05, 0.1) is 4.92 Å². The number of nitrogens with one attached hydrogen (secondary N) is 1. The summed E-state index contributed by atoms with van der Waals surface area (Å²) in [4.78, 5) is 22.9. The summed E-state index contributed by atoms with van der Waals surface area (Å²) in [6, 6.07) is 5.61. The van der Waals surface area contributed by atoms with Crippen molar-refractivity contribution in [2.24, 2.45) is 7.05 Å². The molecule has 2 aromatic rings. The van der Waals surface area contributed by atoms with Crippen LogP contribution in [0.5, 0.6) is 0 Å². The molecule has 1 amide bonds. The number of nitro groups is 1. The average Bonchev–Trinajstić information content (AvgIpc) is 2.70. The smallest absolute Gasteiger partial charge is 0.320 e. The highest BCUT2D eigenvalue weighted by atomic mass is 16.6. The van der Waals surface area contributed by atoms with Crippen LogP contribution in [0.3, 0.4) is 0 Å². The average molecular weight is 288 g/mol. The lowest BCUT2D eigenvalue weighted by Gasteiger charge is -2.10. The van der Waals surface area contributed by atoms with Gasteiger partial charge in [0.1, 0.15) is 5.69 Å². The standard InChI is InChI=1S/C14H16N4O3/c1-8-6-5-7-9(2)11(8)15-14(19)12-13(18(20)21)10(3)17(4)16-12/h5-7H,1-4H3,(H,15,19). The summed E-state index contributed by atoms with van der Waals surface area (Å²) >= 11 is 0. The molecule has 1 aromatic heterocycles. The van der Waals surface area contributed by atoms with Crippen LogP contribution in [0, 0.1) is 30.9 Å². The second-order valence-corrected chi connectivity index (χ2v) is 4.88. The van der Waals surface area contributed by atoms with E-state index in [9.17, 15) is 14.9 Å². The third-order valence-electron chi connectivity index (χ3n) is 3.42. The zero-order chi connectivity index (χ0) is 15.7. The predicted octanol–water partition coefficient (Wildman–Crippen LogP) is 2.51. The number of carbonyl (C=O) groups is 1. The first-order chi connectivity index (χ1) is 9.82. The fourth-order valence-electron chi connectivity index (χ4n) is 2.15. The molecule has 0 radical (unpaired) electrons. The maximum Gasteiger partial charge on any atom is 0.322 e. The van der Waals surface area contributed by atoms with Crippen LogP contribution in [-0.2, 0) is 7.05 Å². The molecule has 0 bridgehead atoms. The van der Waals surface area contributed by atoms with Crippen molar-refractivity contribution in [3.63, 3.8) is 0 Å². The quantitative estimate of drug-likeness (QED) is 0.694. The maximum atomic E-state index is 12.3. The SMILES string of the molecule is Cc1cccc(C)c1NC(=O)c1nn(C)c(C)c1[N+](=O)[O-]. The van der Waals surface area contributed by atoms with Gasteiger partial charge in [-0.05, 0) is 31.9 Å². The summed E-state index contributed by atoms with van der Waals surface area (Å²) in [5, 5.41) is 17.8. The Morgan fingerprint density at radius 1 is 1.29 bits per heavy atom. The van der Waals surface area contributed by atoms with Crippen molar-refractivity contribution >= 4 is 17.3 Å². The number of hydrogen-bond acceptors (Lipinski definition) is 4. The zero-order valence-corrected chi connectivity index (χ0v) is 12.3. The Morgan fingerprint density at radius 3 is 2.38 bits per heavy atom. The van der Waals surface area contributed by atoms with Crippen molar-refractivity contribution in [2.75, 3.05) is 5.32 Å². The molecule has 110 valence electrons. The number of amides is 1. The fourth-order valence-corrected chi connectivity index (χ4v) is 2.15. The molecule has 0 aliphatic heterocycles. The largest absolute Gasteiger partial charge is 0.322 e. The number of benzene rings is 1. The number of carbonyl (C=O) groups excluding carboxylic acids is 1. The highest BCUT2D eigenvalue weighted by molar-refractivity contribution is 6.06. The summed E-state index contributed by atoms with van der Waals surface area (Å²) in [6.45, 7) is 5.28. The highest BCUT2D eigenvalue weighted by Crippen LogP contribution is 2.25. The van der Waals surface area contributed by atoms with Crippen LogP contribution in [0.4, 0.5) is 11.4 Å². The van der Waals surface area contributed by atoms with Gasteiger partial charge < -0.3 is 5.32 Å². The summed E-state index contributed by atoms with van der Waals surface area (Å²) in [5.41, 5.74) is 2.33. The van der Waals surface area contributed by atoms with Gasteiger partial charge >= 0.3 is 5.69 Å². The van der Waals surface area contributed by atoms with Gasteiger partial charge in [-0.2, -0.15) is 5.10 Å². The fraction of sp³-hybridized carbons (Fsp3) is 0.286. The molecule has 0 spiro atoms. The van der Waals surface area contributed by atoms with E-state index in [4.69, 9.17) is 0 Å². The summed E-state index contributed by atoms with van der Waals surface area (Å²) in [5.74, 6) is -0.581. The van der Waals surface area contributed by atoms with Crippen LogP contribution < -0.4 is 5.32 Å². The second-order valence-electron chi connectivity index (χ2n) is 4.88. The maximum absolute atomic E-state index is 12.3. The molecule has 7 heteroatoms. The molecule has 0 saturated heterocycles. The molecule has 0 fully saturated rings. The first-order valence-electron chi connectivity index (χ1n) is 6.38. The van der Waals surface area contributed by atoms with E-state index in [0.717, 1.165) is 11.1 Å². The van der Waals surface area contributed by atoms with E-state index >= 15 is 0 Å². The van der Waals surface area contributed by atoms with E-state index in [-0.39, 0.29) is 11.4 Å². The number of rotatable bonds is 3. The Bertz CT molecular complexity index is 714. The van der Waals surface area contributed by atoms with Crippen molar-refractivity contribution in [3.8, 4) is 0 Å². The van der Waals surface area contributed by atoms with Crippen LogP contribution in [0.2, 0.25) is 0 Å². The summed E-state index contributed by atoms with van der Waals surface area (Å²) in [6.07, 6.45) is 0. The molecule has 0 saturated carbocycles. The molecule has 7 nitrogen and oxygen atoms in total. The Morgan fingerprint density at radius 2 is 1.86 bits per heavy atom. The van der Waals surface area contributed by atoms with Gasteiger partial charge in [0.25, 0.3) is 5.91 Å². The van der Waals surface area contributed by atoms with Gasteiger partial charge in [0.15, 0.2) is 0 Å². The lowest BCUT2D eigenvalue weighted by molar-refractivity contribution is -0.385. The van der Waals surface area contributed by atoms with Gasteiger partial charge in [0, 0.05) is 12.7 Å². The lowest BCUT2D eigenvalue weighted by atomic mass is 10.1. The minimum absolute atomic E-state index is 0.178. The number of aromatic nitrogens is 2. The van der Waals surface area contributed by atoms with E-state index in [2.05, 4.69) is 10.4 Å². The molecule has 21 heavy (non-hydrogen) atoms. The Kier molecular flexibility index (Phi) is 3.75. The summed E-state index contributed by atoms with van der Waals surface area (Å²) < 4.78 is 1.33. The van der Waals surface area contributed by atoms with Crippen LogP contribution >= 0.6 is 0 Å². The molecule has 2 rings (SSSR count). The van der Waals surface area contributed by atoms with Crippen molar-refractivity contribution < 1.29 is 9.72 Å². The molecular formula is C14H16N4O3. The highest BCUT2D eigenvalue weighted by Gasteiger charge is 2.29.